The molecule has 15 heavy (non-hydrogen) atoms. The summed E-state index contributed by atoms with van der Waals surface area (Å²) in [7, 11) is 2.09. The molecule has 0 bridgehead atoms. The zero-order valence-corrected chi connectivity index (χ0v) is 10.1. The minimum atomic E-state index is 0.00737. The van der Waals surface area contributed by atoms with Crippen LogP contribution in [0.4, 0.5) is 5.69 Å². The quantitative estimate of drug-likeness (QED) is 0.824. The lowest BCUT2D eigenvalue weighted by Crippen LogP contribution is -2.28. The Morgan fingerprint density at radius 3 is 2.47 bits per heavy atom. The first-order valence-electron chi connectivity index (χ1n) is 5.50. The largest absolute Gasteiger partial charge is 0.371 e. The summed E-state index contributed by atoms with van der Waals surface area (Å²) in [6.45, 7) is 6.34. The van der Waals surface area contributed by atoms with E-state index in [1.165, 1.54) is 0 Å². The minimum Gasteiger partial charge on any atom is -0.371 e. The first kappa shape index (κ1) is 12.0. The fourth-order valence-electron chi connectivity index (χ4n) is 1.40. The lowest BCUT2D eigenvalue weighted by atomic mass is 10.2. The van der Waals surface area contributed by atoms with E-state index in [4.69, 9.17) is 5.73 Å². The molecule has 0 spiro atoms. The van der Waals surface area contributed by atoms with Crippen molar-refractivity contribution in [3.63, 3.8) is 0 Å². The maximum absolute atomic E-state index is 5.75. The Morgan fingerprint density at radius 2 is 2.07 bits per heavy atom. The van der Waals surface area contributed by atoms with Gasteiger partial charge in [-0.05, 0) is 32.4 Å². The molecule has 1 aromatic heterocycles. The van der Waals surface area contributed by atoms with Gasteiger partial charge in [-0.3, -0.25) is 4.98 Å². The van der Waals surface area contributed by atoms with Gasteiger partial charge in [0.15, 0.2) is 0 Å². The van der Waals surface area contributed by atoms with E-state index in [2.05, 4.69) is 36.8 Å². The van der Waals surface area contributed by atoms with Gasteiger partial charge in [-0.25, -0.2) is 0 Å². The zero-order valence-electron chi connectivity index (χ0n) is 10.1. The van der Waals surface area contributed by atoms with Crippen molar-refractivity contribution in [1.29, 1.82) is 0 Å². The van der Waals surface area contributed by atoms with Crippen molar-refractivity contribution in [2.45, 2.75) is 39.3 Å². The Balaban J connectivity index is 2.79. The third-order valence-electron chi connectivity index (χ3n) is 2.90. The number of aromatic nitrogens is 1. The van der Waals surface area contributed by atoms with Crippen LogP contribution in [0.15, 0.2) is 18.3 Å². The summed E-state index contributed by atoms with van der Waals surface area (Å²) < 4.78 is 0. The lowest BCUT2D eigenvalue weighted by Gasteiger charge is -2.25. The van der Waals surface area contributed by atoms with Crippen molar-refractivity contribution in [2.75, 3.05) is 11.9 Å². The maximum Gasteiger partial charge on any atom is 0.0569 e. The van der Waals surface area contributed by atoms with Crippen molar-refractivity contribution in [1.82, 2.24) is 4.98 Å². The third kappa shape index (κ3) is 2.93. The van der Waals surface area contributed by atoms with Crippen LogP contribution in [-0.4, -0.2) is 18.1 Å². The second-order valence-corrected chi connectivity index (χ2v) is 4.10. The number of rotatable bonds is 4. The predicted octanol–water partition coefficient (Wildman–Crippen LogP) is 2.34. The third-order valence-corrected chi connectivity index (χ3v) is 2.90. The highest BCUT2D eigenvalue weighted by Gasteiger charge is 2.08. The van der Waals surface area contributed by atoms with Crippen molar-refractivity contribution in [3.8, 4) is 0 Å². The first-order valence-corrected chi connectivity index (χ1v) is 5.50. The van der Waals surface area contributed by atoms with E-state index >= 15 is 0 Å². The van der Waals surface area contributed by atoms with Gasteiger partial charge in [0.25, 0.3) is 0 Å². The summed E-state index contributed by atoms with van der Waals surface area (Å²) in [5, 5.41) is 0. The molecule has 0 aromatic carbocycles. The Labute approximate surface area is 92.3 Å². The maximum atomic E-state index is 5.75. The molecule has 0 aliphatic carbocycles. The summed E-state index contributed by atoms with van der Waals surface area (Å²) in [6, 6.07) is 4.62. The van der Waals surface area contributed by atoms with Gasteiger partial charge >= 0.3 is 0 Å². The van der Waals surface area contributed by atoms with E-state index < -0.39 is 0 Å². The smallest absolute Gasteiger partial charge is 0.0569 e. The van der Waals surface area contributed by atoms with Crippen LogP contribution in [0.5, 0.6) is 0 Å². The minimum absolute atomic E-state index is 0.00737. The molecule has 0 saturated carbocycles. The standard InChI is InChI=1S/C12H21N3/c1-5-9(2)15(4)11-6-7-12(10(3)13)14-8-11/h6-10H,5,13H2,1-4H3/t9?,10-/m0/s1. The molecule has 2 N–H and O–H groups in total. The molecule has 1 heterocycles. The van der Waals surface area contributed by atoms with E-state index in [0.717, 1.165) is 17.8 Å². The highest BCUT2D eigenvalue weighted by Crippen LogP contribution is 2.17. The number of anilines is 1. The molecule has 0 aliphatic heterocycles. The molecule has 1 rings (SSSR count). The van der Waals surface area contributed by atoms with Crippen LogP contribution in [0, 0.1) is 0 Å². The molecule has 1 unspecified atom stereocenters. The molecule has 0 radical (unpaired) electrons. The van der Waals surface area contributed by atoms with Crippen LogP contribution in [0.3, 0.4) is 0 Å². The summed E-state index contributed by atoms with van der Waals surface area (Å²) in [5.41, 5.74) is 7.84. The van der Waals surface area contributed by atoms with Crippen molar-refractivity contribution in [2.24, 2.45) is 5.73 Å². The number of nitrogens with two attached hydrogens (primary N) is 1. The zero-order chi connectivity index (χ0) is 11.4. The van der Waals surface area contributed by atoms with Crippen molar-refractivity contribution >= 4 is 5.69 Å². The second kappa shape index (κ2) is 5.12. The molecule has 2 atom stereocenters. The average molecular weight is 207 g/mol. The molecular formula is C12H21N3. The van der Waals surface area contributed by atoms with Crippen LogP contribution in [0.2, 0.25) is 0 Å². The second-order valence-electron chi connectivity index (χ2n) is 4.10. The molecule has 0 fully saturated rings. The Kier molecular flexibility index (Phi) is 4.09. The fourth-order valence-corrected chi connectivity index (χ4v) is 1.40. The monoisotopic (exact) mass is 207 g/mol. The highest BCUT2D eigenvalue weighted by molar-refractivity contribution is 5.44. The van der Waals surface area contributed by atoms with Crippen LogP contribution in [0.25, 0.3) is 0 Å². The molecule has 0 amide bonds. The van der Waals surface area contributed by atoms with Crippen molar-refractivity contribution in [3.05, 3.63) is 24.0 Å². The summed E-state index contributed by atoms with van der Waals surface area (Å²) in [6.07, 6.45) is 3.02. The molecule has 3 heteroatoms. The van der Waals surface area contributed by atoms with Crippen LogP contribution < -0.4 is 10.6 Å². The first-order chi connectivity index (χ1) is 7.06. The molecule has 0 saturated heterocycles. The summed E-state index contributed by atoms with van der Waals surface area (Å²) >= 11 is 0. The number of hydrogen-bond donors (Lipinski definition) is 1. The predicted molar refractivity (Wildman–Crippen MR) is 65.0 cm³/mol. The highest BCUT2D eigenvalue weighted by atomic mass is 15.1. The Morgan fingerprint density at radius 1 is 1.40 bits per heavy atom. The normalized spacial score (nSPS) is 14.7. The topological polar surface area (TPSA) is 42.1 Å². The van der Waals surface area contributed by atoms with E-state index in [9.17, 15) is 0 Å². The van der Waals surface area contributed by atoms with Gasteiger partial charge in [0.2, 0.25) is 0 Å². The molecule has 84 valence electrons. The van der Waals surface area contributed by atoms with E-state index in [-0.39, 0.29) is 6.04 Å². The van der Waals surface area contributed by atoms with Gasteiger partial charge in [-0.1, -0.05) is 6.92 Å². The van der Waals surface area contributed by atoms with Gasteiger partial charge in [-0.2, -0.15) is 0 Å². The van der Waals surface area contributed by atoms with Crippen LogP contribution in [0.1, 0.15) is 38.9 Å². The molecule has 0 aliphatic rings. The fraction of sp³-hybridized carbons (Fsp3) is 0.583. The Hall–Kier alpha value is -1.09. The van der Waals surface area contributed by atoms with E-state index in [0.29, 0.717) is 6.04 Å². The number of pyridine rings is 1. The van der Waals surface area contributed by atoms with E-state index in [1.807, 2.05) is 19.2 Å². The van der Waals surface area contributed by atoms with Gasteiger partial charge in [0.05, 0.1) is 17.6 Å². The number of hydrogen-bond acceptors (Lipinski definition) is 3. The van der Waals surface area contributed by atoms with Crippen LogP contribution in [-0.2, 0) is 0 Å². The average Bonchev–Trinajstić information content (AvgIpc) is 2.27. The molecule has 3 nitrogen and oxygen atoms in total. The summed E-state index contributed by atoms with van der Waals surface area (Å²) in [5.74, 6) is 0. The van der Waals surface area contributed by atoms with Gasteiger partial charge in [0, 0.05) is 19.1 Å². The van der Waals surface area contributed by atoms with Gasteiger partial charge in [-0.15, -0.1) is 0 Å². The van der Waals surface area contributed by atoms with Gasteiger partial charge < -0.3 is 10.6 Å². The molecule has 1 aromatic rings. The van der Waals surface area contributed by atoms with E-state index in [1.54, 1.807) is 0 Å². The lowest BCUT2D eigenvalue weighted by molar-refractivity contribution is 0.662. The Bertz CT molecular complexity index is 292. The van der Waals surface area contributed by atoms with Crippen molar-refractivity contribution < 1.29 is 0 Å². The number of nitrogens with zero attached hydrogens (tertiary/aromatic N) is 2. The molecular weight excluding hydrogens is 186 g/mol. The van der Waals surface area contributed by atoms with Crippen LogP contribution >= 0.6 is 0 Å². The van der Waals surface area contributed by atoms with Gasteiger partial charge in [0.1, 0.15) is 0 Å². The summed E-state index contributed by atoms with van der Waals surface area (Å²) in [4.78, 5) is 6.58. The SMILES string of the molecule is CCC(C)N(C)c1ccc([C@H](C)N)nc1.